The summed E-state index contributed by atoms with van der Waals surface area (Å²) in [6, 6.07) is 2.26. The van der Waals surface area contributed by atoms with E-state index in [1.54, 1.807) is 4.68 Å². The van der Waals surface area contributed by atoms with Crippen LogP contribution in [0.3, 0.4) is 0 Å². The van der Waals surface area contributed by atoms with E-state index in [9.17, 15) is 4.79 Å². The molecule has 21 heavy (non-hydrogen) atoms. The van der Waals surface area contributed by atoms with Crippen molar-refractivity contribution >= 4 is 5.97 Å². The van der Waals surface area contributed by atoms with E-state index >= 15 is 0 Å². The summed E-state index contributed by atoms with van der Waals surface area (Å²) in [4.78, 5) is 11.7. The summed E-state index contributed by atoms with van der Waals surface area (Å²) in [6.45, 7) is 8.61. The molecule has 0 unspecified atom stereocenters. The van der Waals surface area contributed by atoms with E-state index in [0.29, 0.717) is 12.6 Å². The lowest BCUT2D eigenvalue weighted by molar-refractivity contribution is 0.0592. The van der Waals surface area contributed by atoms with Crippen LogP contribution in [0.5, 0.6) is 0 Å². The number of nitrogens with zero attached hydrogens (tertiary/aromatic N) is 5. The van der Waals surface area contributed by atoms with Gasteiger partial charge in [-0.3, -0.25) is 4.68 Å². The molecule has 0 amide bonds. The fraction of sp³-hybridized carbons (Fsp3) is 0.571. The summed E-state index contributed by atoms with van der Waals surface area (Å²) in [5.74, 6) is -0.348. The molecule has 0 aliphatic heterocycles. The first-order valence-electron chi connectivity index (χ1n) is 6.99. The van der Waals surface area contributed by atoms with Crippen molar-refractivity contribution < 1.29 is 9.53 Å². The summed E-state index contributed by atoms with van der Waals surface area (Å²) in [6.07, 6.45) is 1.94. The zero-order chi connectivity index (χ0) is 15.6. The van der Waals surface area contributed by atoms with Crippen molar-refractivity contribution in [3.8, 4) is 0 Å². The van der Waals surface area contributed by atoms with Crippen LogP contribution in [0.25, 0.3) is 0 Å². The second-order valence-electron chi connectivity index (χ2n) is 5.51. The highest BCUT2D eigenvalue weighted by atomic mass is 16.5. The van der Waals surface area contributed by atoms with Gasteiger partial charge in [0.25, 0.3) is 0 Å². The molecule has 0 fully saturated rings. The lowest BCUT2D eigenvalue weighted by Gasteiger charge is -2.09. The Hall–Kier alpha value is -2.18. The predicted molar refractivity (Wildman–Crippen MR) is 77.2 cm³/mol. The summed E-state index contributed by atoms with van der Waals surface area (Å²) in [5, 5.41) is 12.5. The molecule has 0 aliphatic rings. The molecule has 7 nitrogen and oxygen atoms in total. The smallest absolute Gasteiger partial charge is 0.360 e. The minimum absolute atomic E-state index is 0.112. The van der Waals surface area contributed by atoms with Crippen LogP contribution in [-0.2, 0) is 11.3 Å². The Morgan fingerprint density at radius 2 is 2.05 bits per heavy atom. The highest BCUT2D eigenvalue weighted by Crippen LogP contribution is 2.19. The molecule has 0 saturated carbocycles. The number of carbonyl (C=O) groups is 1. The van der Waals surface area contributed by atoms with E-state index < -0.39 is 5.97 Å². The third-order valence-corrected chi connectivity index (χ3v) is 3.20. The van der Waals surface area contributed by atoms with Gasteiger partial charge in [0.1, 0.15) is 0 Å². The third kappa shape index (κ3) is 3.12. The summed E-state index contributed by atoms with van der Waals surface area (Å²) >= 11 is 0. The maximum atomic E-state index is 11.7. The molecule has 2 heterocycles. The Balaban J connectivity index is 2.31. The van der Waals surface area contributed by atoms with E-state index in [1.807, 2.05) is 30.8 Å². The van der Waals surface area contributed by atoms with Gasteiger partial charge in [-0.15, -0.1) is 5.10 Å². The molecule has 2 rings (SSSR count). The van der Waals surface area contributed by atoms with Gasteiger partial charge < -0.3 is 4.74 Å². The van der Waals surface area contributed by atoms with Crippen LogP contribution in [0.15, 0.2) is 12.3 Å². The quantitative estimate of drug-likeness (QED) is 0.788. The molecule has 0 aliphatic carbocycles. The second-order valence-corrected chi connectivity index (χ2v) is 5.51. The minimum atomic E-state index is -0.461. The van der Waals surface area contributed by atoms with Gasteiger partial charge in [0.15, 0.2) is 5.69 Å². The summed E-state index contributed by atoms with van der Waals surface area (Å²) < 4.78 is 8.36. The van der Waals surface area contributed by atoms with Gasteiger partial charge >= 0.3 is 5.97 Å². The SMILES string of the molecule is COC(=O)c1nnn(Cc2ccn(C(C)C)n2)c1C(C)C. The Morgan fingerprint density at radius 1 is 1.33 bits per heavy atom. The monoisotopic (exact) mass is 291 g/mol. The van der Waals surface area contributed by atoms with E-state index in [1.165, 1.54) is 7.11 Å². The maximum absolute atomic E-state index is 11.7. The van der Waals surface area contributed by atoms with Gasteiger partial charge in [0, 0.05) is 12.2 Å². The van der Waals surface area contributed by atoms with Crippen LogP contribution in [0.1, 0.15) is 61.5 Å². The number of carbonyl (C=O) groups excluding carboxylic acids is 1. The van der Waals surface area contributed by atoms with Crippen LogP contribution in [0, 0.1) is 0 Å². The van der Waals surface area contributed by atoms with Crippen molar-refractivity contribution in [1.29, 1.82) is 0 Å². The molecule has 0 aromatic carbocycles. The molecular formula is C14H21N5O2. The maximum Gasteiger partial charge on any atom is 0.360 e. The molecule has 0 spiro atoms. The number of ether oxygens (including phenoxy) is 1. The lowest BCUT2D eigenvalue weighted by Crippen LogP contribution is -2.12. The Morgan fingerprint density at radius 3 is 2.57 bits per heavy atom. The first kappa shape index (κ1) is 15.2. The zero-order valence-corrected chi connectivity index (χ0v) is 13.1. The largest absolute Gasteiger partial charge is 0.464 e. The molecule has 7 heteroatoms. The Kier molecular flexibility index (Phi) is 4.40. The first-order valence-corrected chi connectivity index (χ1v) is 6.99. The average molecular weight is 291 g/mol. The predicted octanol–water partition coefficient (Wildman–Crippen LogP) is 2.01. The Labute approximate surface area is 123 Å². The number of esters is 1. The molecular weight excluding hydrogens is 270 g/mol. The van der Waals surface area contributed by atoms with E-state index in [4.69, 9.17) is 4.74 Å². The van der Waals surface area contributed by atoms with Gasteiger partial charge in [0.2, 0.25) is 0 Å². The first-order chi connectivity index (χ1) is 9.93. The highest BCUT2D eigenvalue weighted by Gasteiger charge is 2.23. The van der Waals surface area contributed by atoms with Crippen molar-refractivity contribution in [3.05, 3.63) is 29.3 Å². The minimum Gasteiger partial charge on any atom is -0.464 e. The van der Waals surface area contributed by atoms with E-state index in [0.717, 1.165) is 11.4 Å². The molecule has 0 radical (unpaired) electrons. The number of hydrogen-bond acceptors (Lipinski definition) is 5. The molecule has 2 aromatic rings. The number of methoxy groups -OCH3 is 1. The zero-order valence-electron chi connectivity index (χ0n) is 13.1. The molecule has 0 atom stereocenters. The second kappa shape index (κ2) is 6.07. The normalized spacial score (nSPS) is 11.4. The van der Waals surface area contributed by atoms with Gasteiger partial charge in [-0.05, 0) is 25.8 Å². The van der Waals surface area contributed by atoms with E-state index in [2.05, 4.69) is 29.3 Å². The van der Waals surface area contributed by atoms with Crippen LogP contribution in [0.2, 0.25) is 0 Å². The van der Waals surface area contributed by atoms with Crippen LogP contribution in [0.4, 0.5) is 0 Å². The number of hydrogen-bond donors (Lipinski definition) is 0. The topological polar surface area (TPSA) is 74.8 Å². The van der Waals surface area contributed by atoms with Crippen molar-refractivity contribution in [2.24, 2.45) is 0 Å². The van der Waals surface area contributed by atoms with Gasteiger partial charge in [-0.25, -0.2) is 9.48 Å². The summed E-state index contributed by atoms with van der Waals surface area (Å²) in [5.41, 5.74) is 1.92. The van der Waals surface area contributed by atoms with Gasteiger partial charge in [0.05, 0.1) is 25.0 Å². The Bertz CT molecular complexity index is 627. The molecule has 2 aromatic heterocycles. The summed E-state index contributed by atoms with van der Waals surface area (Å²) in [7, 11) is 1.34. The standard InChI is InChI=1S/C14H21N5O2/c1-9(2)13-12(14(20)21-5)15-17-19(13)8-11-6-7-18(16-11)10(3)4/h6-7,9-10H,8H2,1-5H3. The van der Waals surface area contributed by atoms with Crippen molar-refractivity contribution in [2.75, 3.05) is 7.11 Å². The molecule has 114 valence electrons. The lowest BCUT2D eigenvalue weighted by atomic mass is 10.1. The van der Waals surface area contributed by atoms with Crippen molar-refractivity contribution in [1.82, 2.24) is 24.8 Å². The molecule has 0 bridgehead atoms. The van der Waals surface area contributed by atoms with Crippen molar-refractivity contribution in [2.45, 2.75) is 46.2 Å². The fourth-order valence-corrected chi connectivity index (χ4v) is 2.15. The van der Waals surface area contributed by atoms with Crippen LogP contribution < -0.4 is 0 Å². The average Bonchev–Trinajstić information content (AvgIpc) is 3.05. The third-order valence-electron chi connectivity index (χ3n) is 3.20. The van der Waals surface area contributed by atoms with Crippen LogP contribution in [-0.4, -0.2) is 37.9 Å². The highest BCUT2D eigenvalue weighted by molar-refractivity contribution is 5.88. The fourth-order valence-electron chi connectivity index (χ4n) is 2.15. The van der Waals surface area contributed by atoms with Gasteiger partial charge in [-0.2, -0.15) is 5.10 Å². The molecule has 0 saturated heterocycles. The van der Waals surface area contributed by atoms with Crippen LogP contribution >= 0.6 is 0 Å². The van der Waals surface area contributed by atoms with Gasteiger partial charge in [-0.1, -0.05) is 19.1 Å². The number of rotatable bonds is 5. The number of aromatic nitrogens is 5. The van der Waals surface area contributed by atoms with E-state index in [-0.39, 0.29) is 11.6 Å². The van der Waals surface area contributed by atoms with Crippen molar-refractivity contribution in [3.63, 3.8) is 0 Å². The molecule has 0 N–H and O–H groups in total.